The van der Waals surface area contributed by atoms with Crippen molar-refractivity contribution in [1.29, 1.82) is 0 Å². The molecule has 0 aliphatic carbocycles. The highest BCUT2D eigenvalue weighted by molar-refractivity contribution is 6.31. The van der Waals surface area contributed by atoms with Gasteiger partial charge in [-0.25, -0.2) is 9.97 Å². The largest absolute Gasteiger partial charge is 0.373 e. The third kappa shape index (κ3) is 3.57. The van der Waals surface area contributed by atoms with Gasteiger partial charge in [-0.05, 0) is 24.1 Å². The molecule has 0 radical (unpaired) electrons. The van der Waals surface area contributed by atoms with E-state index in [1.165, 1.54) is 4.57 Å². The van der Waals surface area contributed by atoms with Gasteiger partial charge in [0.1, 0.15) is 6.54 Å². The van der Waals surface area contributed by atoms with Crippen molar-refractivity contribution in [2.24, 2.45) is 7.05 Å². The molecule has 0 spiro atoms. The first kappa shape index (κ1) is 20.0. The van der Waals surface area contributed by atoms with E-state index in [-0.39, 0.29) is 24.1 Å². The van der Waals surface area contributed by atoms with E-state index >= 15 is 0 Å². The molecule has 1 aliphatic rings. The van der Waals surface area contributed by atoms with Gasteiger partial charge in [0.05, 0.1) is 24.2 Å². The molecule has 1 saturated heterocycles. The third-order valence-electron chi connectivity index (χ3n) is 5.79. The van der Waals surface area contributed by atoms with Crippen molar-refractivity contribution in [3.05, 3.63) is 56.9 Å². The van der Waals surface area contributed by atoms with Gasteiger partial charge in [0.15, 0.2) is 32.7 Å². The van der Waals surface area contributed by atoms with Gasteiger partial charge >= 0.3 is 0 Å². The fourth-order valence-corrected chi connectivity index (χ4v) is 4.06. The minimum absolute atomic E-state index is 0.0244. The molecule has 1 fully saturated rings. The van der Waals surface area contributed by atoms with Crippen LogP contribution in [0.1, 0.15) is 35.7 Å². The Kier molecular flexibility index (Phi) is 4.94. The summed E-state index contributed by atoms with van der Waals surface area (Å²) in [5.74, 6) is 0.967. The van der Waals surface area contributed by atoms with Crippen LogP contribution in [0.2, 0.25) is 5.02 Å². The molecule has 4 aromatic rings. The second-order valence-electron chi connectivity index (χ2n) is 7.79. The Bertz CT molecular complexity index is 1330. The number of nitrogens with zero attached hydrogens (tertiary/aromatic N) is 6. The van der Waals surface area contributed by atoms with Crippen LogP contribution >= 0.6 is 11.6 Å². The maximum Gasteiger partial charge on any atom is 0.279 e. The second-order valence-corrected chi connectivity index (χ2v) is 8.23. The number of hydrogen-bond acceptors (Lipinski definition) is 7. The third-order valence-corrected chi connectivity index (χ3v) is 6.04. The molecule has 0 saturated carbocycles. The second kappa shape index (κ2) is 7.65. The molecule has 156 valence electrons. The average molecular weight is 436 g/mol. The molecule has 12 heteroatoms. The van der Waals surface area contributed by atoms with Crippen LogP contribution < -0.4 is 17.0 Å². The fourth-order valence-electron chi connectivity index (χ4n) is 3.93. The minimum Gasteiger partial charge on any atom is -0.373 e. The normalized spacial score (nSPS) is 18.8. The Balaban J connectivity index is 1.37. The van der Waals surface area contributed by atoms with Gasteiger partial charge in [-0.2, -0.15) is 4.98 Å². The zero-order chi connectivity index (χ0) is 21.7. The van der Waals surface area contributed by atoms with E-state index in [1.54, 1.807) is 19.5 Å². The number of fused-ring (bicyclic) bond motifs is 1. The highest BCUT2D eigenvalue weighted by Crippen LogP contribution is 2.37. The molecule has 0 amide bonds. The molecule has 4 heterocycles. The predicted octanol–water partition coefficient (Wildman–Crippen LogP) is -1.02. The summed E-state index contributed by atoms with van der Waals surface area (Å²) in [6, 6.07) is 7.65. The molecule has 9 nitrogen and oxygen atoms in total. The Labute approximate surface area is 184 Å². The lowest BCUT2D eigenvalue weighted by Crippen LogP contribution is -2.37. The van der Waals surface area contributed by atoms with Crippen LogP contribution in [-0.2, 0) is 18.3 Å². The molecule has 1 aliphatic heterocycles. The van der Waals surface area contributed by atoms with Gasteiger partial charge in [0, 0.05) is 18.0 Å². The summed E-state index contributed by atoms with van der Waals surface area (Å²) in [5.41, 5.74) is 3.07. The van der Waals surface area contributed by atoms with Crippen LogP contribution in [0.25, 0.3) is 11.2 Å². The van der Waals surface area contributed by atoms with Crippen LogP contribution in [0.3, 0.4) is 0 Å². The Hall–Kier alpha value is -2.91. The van der Waals surface area contributed by atoms with Crippen molar-refractivity contribution in [2.75, 3.05) is 6.61 Å². The molecule has 1 aromatic carbocycles. The summed E-state index contributed by atoms with van der Waals surface area (Å²) in [6.45, 7) is 0.659. The monoisotopic (exact) mass is 436 g/mol. The first-order valence-corrected chi connectivity index (χ1v) is 10.4. The number of halogens is 1. The molecule has 0 bridgehead atoms. The van der Waals surface area contributed by atoms with Gasteiger partial charge < -0.3 is 13.8 Å². The molecular weight excluding hydrogens is 417 g/mol. The number of hydrogen-bond donors (Lipinski definition) is 0. The molecular formula is C19H19B2ClN6O3. The summed E-state index contributed by atoms with van der Waals surface area (Å²) in [6.07, 6.45) is 0.718. The summed E-state index contributed by atoms with van der Waals surface area (Å²) in [5, 5.41) is 4.83. The van der Waals surface area contributed by atoms with Gasteiger partial charge in [-0.3, -0.25) is 9.36 Å². The van der Waals surface area contributed by atoms with Crippen molar-refractivity contribution in [3.8, 4) is 0 Å². The van der Waals surface area contributed by atoms with Crippen LogP contribution in [0.4, 0.5) is 0 Å². The van der Waals surface area contributed by atoms with Crippen molar-refractivity contribution in [1.82, 2.24) is 29.2 Å². The standard InChI is InChI=1S/C19H19B2ClN6O3/c1-27-14-16(24-18(27)20)25-19(21)28(17(14)29)7-13-23-15(26-31-13)10-6-12(30-8-10)9-2-4-11(22)5-3-9/h2-5,10,12H,6-8,20-21H2,1H3/t10-,12+/m0/s1. The van der Waals surface area contributed by atoms with E-state index in [0.717, 1.165) is 17.7 Å². The maximum absolute atomic E-state index is 13.0. The number of aryl methyl sites for hydroxylation is 1. The summed E-state index contributed by atoms with van der Waals surface area (Å²) < 4.78 is 14.7. The number of ether oxygens (including phenoxy) is 1. The number of imidazole rings is 1. The summed E-state index contributed by atoms with van der Waals surface area (Å²) >= 11 is 5.97. The van der Waals surface area contributed by atoms with E-state index in [9.17, 15) is 4.79 Å². The summed E-state index contributed by atoms with van der Waals surface area (Å²) in [7, 11) is 5.41. The van der Waals surface area contributed by atoms with E-state index in [1.807, 2.05) is 32.1 Å². The van der Waals surface area contributed by atoms with Crippen LogP contribution in [0, 0.1) is 0 Å². The molecule has 2 atom stereocenters. The predicted molar refractivity (Wildman–Crippen MR) is 120 cm³/mol. The van der Waals surface area contributed by atoms with Crippen molar-refractivity contribution < 1.29 is 9.26 Å². The highest BCUT2D eigenvalue weighted by atomic mass is 35.5. The van der Waals surface area contributed by atoms with Gasteiger partial charge in [-0.15, -0.1) is 0 Å². The Morgan fingerprint density at radius 2 is 1.90 bits per heavy atom. The molecule has 0 N–H and O–H groups in total. The lowest BCUT2D eigenvalue weighted by molar-refractivity contribution is 0.110. The number of benzene rings is 1. The zero-order valence-electron chi connectivity index (χ0n) is 17.4. The Morgan fingerprint density at radius 1 is 1.16 bits per heavy atom. The van der Waals surface area contributed by atoms with Crippen LogP contribution in [0.5, 0.6) is 0 Å². The molecule has 3 aromatic heterocycles. The smallest absolute Gasteiger partial charge is 0.279 e. The van der Waals surface area contributed by atoms with Gasteiger partial charge in [0.25, 0.3) is 5.56 Å². The molecule has 31 heavy (non-hydrogen) atoms. The quantitative estimate of drug-likeness (QED) is 0.377. The lowest BCUT2D eigenvalue weighted by Gasteiger charge is -2.09. The number of aromatic nitrogens is 6. The van der Waals surface area contributed by atoms with Gasteiger partial charge in [-0.1, -0.05) is 28.9 Å². The maximum atomic E-state index is 13.0. The molecule has 0 unspecified atom stereocenters. The average Bonchev–Trinajstić information content (AvgIpc) is 3.46. The van der Waals surface area contributed by atoms with Crippen molar-refractivity contribution in [3.63, 3.8) is 0 Å². The highest BCUT2D eigenvalue weighted by Gasteiger charge is 2.31. The minimum atomic E-state index is -0.183. The van der Waals surface area contributed by atoms with E-state index in [2.05, 4.69) is 20.1 Å². The van der Waals surface area contributed by atoms with Crippen LogP contribution in [-0.4, -0.2) is 51.5 Å². The lowest BCUT2D eigenvalue weighted by atomic mass is 10.0. The first-order chi connectivity index (χ1) is 14.9. The molecule has 5 rings (SSSR count). The van der Waals surface area contributed by atoms with E-state index in [4.69, 9.17) is 20.9 Å². The van der Waals surface area contributed by atoms with Crippen molar-refractivity contribution >= 4 is 49.9 Å². The SMILES string of the molecule is Bc1nc2nc(B)n(C)c2c(=O)n1Cc1nc([C@@H]2CO[C@@H](c3ccc(Cl)cc3)C2)no1. The van der Waals surface area contributed by atoms with Crippen molar-refractivity contribution in [2.45, 2.75) is 25.0 Å². The first-order valence-electron chi connectivity index (χ1n) is 10.0. The van der Waals surface area contributed by atoms with E-state index < -0.39 is 0 Å². The topological polar surface area (TPSA) is 101 Å². The summed E-state index contributed by atoms with van der Waals surface area (Å²) in [4.78, 5) is 26.3. The fraction of sp³-hybridized carbons (Fsp3) is 0.316. The van der Waals surface area contributed by atoms with Gasteiger partial charge in [0.2, 0.25) is 5.89 Å². The Morgan fingerprint density at radius 3 is 2.68 bits per heavy atom. The number of rotatable bonds is 4. The van der Waals surface area contributed by atoms with E-state index in [0.29, 0.717) is 40.2 Å². The zero-order valence-corrected chi connectivity index (χ0v) is 18.1. The van der Waals surface area contributed by atoms with Crippen LogP contribution in [0.15, 0.2) is 33.6 Å².